The Bertz CT molecular complexity index is 858. The van der Waals surface area contributed by atoms with Gasteiger partial charge >= 0.3 is 12.1 Å². The largest absolute Gasteiger partial charge is 0.444 e. The molecule has 0 spiro atoms. The number of fused-ring (bicyclic) bond motifs is 1. The van der Waals surface area contributed by atoms with E-state index >= 15 is 0 Å². The van der Waals surface area contributed by atoms with E-state index < -0.39 is 23.3 Å². The van der Waals surface area contributed by atoms with Gasteiger partial charge in [-0.25, -0.2) is 14.6 Å². The van der Waals surface area contributed by atoms with Crippen LogP contribution in [0.25, 0.3) is 0 Å². The number of carbonyl (C=O) groups excluding carboxylic acids is 3. The van der Waals surface area contributed by atoms with E-state index in [2.05, 4.69) is 10.3 Å². The minimum Gasteiger partial charge on any atom is -0.444 e. The lowest BCUT2D eigenvalue weighted by Crippen LogP contribution is -2.60. The number of imidazole rings is 1. The lowest BCUT2D eigenvalue weighted by molar-refractivity contribution is -0.140. The molecule has 2 aliphatic heterocycles. The van der Waals surface area contributed by atoms with Crippen molar-refractivity contribution < 1.29 is 24.2 Å². The van der Waals surface area contributed by atoms with Gasteiger partial charge in [0.15, 0.2) is 0 Å². The van der Waals surface area contributed by atoms with E-state index in [1.165, 1.54) is 13.8 Å². The number of aliphatic hydroxyl groups is 1. The molecule has 1 aromatic rings. The molecule has 3 rings (SSSR count). The fourth-order valence-corrected chi connectivity index (χ4v) is 4.07. The summed E-state index contributed by atoms with van der Waals surface area (Å²) in [6, 6.07) is -1.19. The Hall–Kier alpha value is -2.62. The zero-order valence-corrected chi connectivity index (χ0v) is 19.1. The molecule has 1 atom stereocenters. The molecule has 10 heteroatoms. The number of nitrogens with one attached hydrogen (secondary N) is 1. The quantitative estimate of drug-likeness (QED) is 0.742. The van der Waals surface area contributed by atoms with Crippen molar-refractivity contribution in [2.75, 3.05) is 13.1 Å². The van der Waals surface area contributed by atoms with Gasteiger partial charge in [-0.1, -0.05) is 0 Å². The number of amides is 3. The molecule has 31 heavy (non-hydrogen) atoms. The van der Waals surface area contributed by atoms with E-state index in [0.717, 1.165) is 5.69 Å². The van der Waals surface area contributed by atoms with Gasteiger partial charge in [-0.05, 0) is 54.4 Å². The van der Waals surface area contributed by atoms with Gasteiger partial charge in [-0.15, -0.1) is 0 Å². The van der Waals surface area contributed by atoms with Gasteiger partial charge in [-0.2, -0.15) is 0 Å². The molecule has 1 unspecified atom stereocenters. The summed E-state index contributed by atoms with van der Waals surface area (Å²) in [6.07, 6.45) is 2.22. The predicted molar refractivity (Wildman–Crippen MR) is 112 cm³/mol. The number of aromatic nitrogens is 2. The number of rotatable bonds is 4. The van der Waals surface area contributed by atoms with Crippen molar-refractivity contribution in [2.45, 2.75) is 84.2 Å². The van der Waals surface area contributed by atoms with E-state index in [4.69, 9.17) is 4.74 Å². The van der Waals surface area contributed by atoms with Crippen molar-refractivity contribution in [1.82, 2.24) is 24.7 Å². The van der Waals surface area contributed by atoms with Crippen LogP contribution in [0.5, 0.6) is 0 Å². The number of alkyl carbamates (subject to hydrolysis) is 1. The van der Waals surface area contributed by atoms with Crippen LogP contribution >= 0.6 is 0 Å². The van der Waals surface area contributed by atoms with Crippen molar-refractivity contribution in [3.8, 4) is 0 Å². The SMILES string of the molecule is Cc1ncc2n1C(=O)N(C1CCN(C(=O)C(NC(=O)OC(C)(C)C)C(C)(C)O)CC1)C2. The number of ether oxygens (including phenoxy) is 1. The maximum atomic E-state index is 13.1. The first kappa shape index (κ1) is 23.1. The van der Waals surface area contributed by atoms with Gasteiger partial charge in [0.1, 0.15) is 17.5 Å². The molecule has 2 N–H and O–H groups in total. The van der Waals surface area contributed by atoms with Crippen LogP contribution in [0.1, 0.15) is 59.0 Å². The zero-order valence-electron chi connectivity index (χ0n) is 19.1. The van der Waals surface area contributed by atoms with Gasteiger partial charge in [0.25, 0.3) is 0 Å². The third kappa shape index (κ3) is 5.00. The molecule has 3 amide bonds. The van der Waals surface area contributed by atoms with Crippen LogP contribution in [-0.4, -0.2) is 78.9 Å². The van der Waals surface area contributed by atoms with Gasteiger partial charge in [0, 0.05) is 19.1 Å². The monoisotopic (exact) mass is 435 g/mol. The van der Waals surface area contributed by atoms with Gasteiger partial charge in [-0.3, -0.25) is 9.36 Å². The molecular formula is C21H33N5O5. The Balaban J connectivity index is 1.61. The molecular weight excluding hydrogens is 402 g/mol. The van der Waals surface area contributed by atoms with Gasteiger partial charge in [0.05, 0.1) is 24.0 Å². The summed E-state index contributed by atoms with van der Waals surface area (Å²) in [5, 5.41) is 13.0. The van der Waals surface area contributed by atoms with E-state index in [1.54, 1.807) is 43.4 Å². The molecule has 0 saturated carbocycles. The highest BCUT2D eigenvalue weighted by Gasteiger charge is 2.41. The molecule has 3 heterocycles. The molecule has 172 valence electrons. The summed E-state index contributed by atoms with van der Waals surface area (Å²) < 4.78 is 6.88. The molecule has 1 fully saturated rings. The van der Waals surface area contributed by atoms with Crippen LogP contribution in [0.3, 0.4) is 0 Å². The minimum absolute atomic E-state index is 0.0234. The first-order valence-electron chi connectivity index (χ1n) is 10.6. The van der Waals surface area contributed by atoms with Gasteiger partial charge < -0.3 is 25.0 Å². The first-order valence-corrected chi connectivity index (χ1v) is 10.6. The average Bonchev–Trinajstić information content (AvgIpc) is 3.17. The van der Waals surface area contributed by atoms with Crippen molar-refractivity contribution in [1.29, 1.82) is 0 Å². The van der Waals surface area contributed by atoms with Crippen molar-refractivity contribution in [2.24, 2.45) is 0 Å². The summed E-state index contributed by atoms with van der Waals surface area (Å²) in [7, 11) is 0. The highest BCUT2D eigenvalue weighted by Crippen LogP contribution is 2.26. The molecule has 0 bridgehead atoms. The molecule has 2 aliphatic rings. The van der Waals surface area contributed by atoms with Crippen molar-refractivity contribution in [3.63, 3.8) is 0 Å². The van der Waals surface area contributed by atoms with Gasteiger partial charge in [0.2, 0.25) is 5.91 Å². The van der Waals surface area contributed by atoms with Crippen LogP contribution in [0.15, 0.2) is 6.20 Å². The second-order valence-electron chi connectivity index (χ2n) is 9.83. The summed E-state index contributed by atoms with van der Waals surface area (Å²) >= 11 is 0. The Labute approximate surface area is 182 Å². The van der Waals surface area contributed by atoms with Crippen LogP contribution in [0.4, 0.5) is 9.59 Å². The number of aryl methyl sites for hydroxylation is 1. The Morgan fingerprint density at radius 2 is 1.84 bits per heavy atom. The smallest absolute Gasteiger partial charge is 0.408 e. The zero-order chi connectivity index (χ0) is 23.1. The summed E-state index contributed by atoms with van der Waals surface area (Å²) in [4.78, 5) is 45.7. The second kappa shape index (κ2) is 8.14. The number of hydrogen-bond acceptors (Lipinski definition) is 6. The second-order valence-corrected chi connectivity index (χ2v) is 9.83. The van der Waals surface area contributed by atoms with E-state index in [1.807, 2.05) is 4.90 Å². The van der Waals surface area contributed by atoms with Crippen LogP contribution in [0.2, 0.25) is 0 Å². The average molecular weight is 436 g/mol. The summed E-state index contributed by atoms with van der Waals surface area (Å²) in [5.74, 6) is 0.312. The maximum Gasteiger partial charge on any atom is 0.408 e. The third-order valence-corrected chi connectivity index (χ3v) is 5.61. The van der Waals surface area contributed by atoms with E-state index in [0.29, 0.717) is 38.3 Å². The highest BCUT2D eigenvalue weighted by atomic mass is 16.6. The van der Waals surface area contributed by atoms with E-state index in [-0.39, 0.29) is 18.0 Å². The number of hydrogen-bond donors (Lipinski definition) is 2. The predicted octanol–water partition coefficient (Wildman–Crippen LogP) is 1.63. The van der Waals surface area contributed by atoms with Crippen molar-refractivity contribution in [3.05, 3.63) is 17.7 Å². The molecule has 0 aliphatic carbocycles. The van der Waals surface area contributed by atoms with Crippen LogP contribution < -0.4 is 5.32 Å². The molecule has 10 nitrogen and oxygen atoms in total. The Morgan fingerprint density at radius 3 is 2.35 bits per heavy atom. The third-order valence-electron chi connectivity index (χ3n) is 5.61. The lowest BCUT2D eigenvalue weighted by atomic mass is 9.95. The molecule has 1 aromatic heterocycles. The molecule has 0 aromatic carbocycles. The van der Waals surface area contributed by atoms with Crippen LogP contribution in [0, 0.1) is 6.92 Å². The van der Waals surface area contributed by atoms with Crippen molar-refractivity contribution >= 4 is 18.0 Å². The number of nitrogens with zero attached hydrogens (tertiary/aromatic N) is 4. The molecule has 0 radical (unpaired) electrons. The maximum absolute atomic E-state index is 13.1. The number of likely N-dealkylation sites (tertiary alicyclic amines) is 1. The minimum atomic E-state index is -1.47. The standard InChI is InChI=1S/C21H33N5O5/c1-13-22-11-15-12-25(19(29)26(13)15)14-7-9-24(10-8-14)17(27)16(21(5,6)30)23-18(28)31-20(2,3)4/h11,14,16,30H,7-10,12H2,1-6H3,(H,23,28). The summed E-state index contributed by atoms with van der Waals surface area (Å²) in [5.41, 5.74) is -1.31. The Kier molecular flexibility index (Phi) is 6.05. The summed E-state index contributed by atoms with van der Waals surface area (Å²) in [6.45, 7) is 11.3. The van der Waals surface area contributed by atoms with E-state index in [9.17, 15) is 19.5 Å². The number of piperidine rings is 1. The fourth-order valence-electron chi connectivity index (χ4n) is 4.07. The normalized spacial score (nSPS) is 18.7. The lowest BCUT2D eigenvalue weighted by Gasteiger charge is -2.39. The van der Waals surface area contributed by atoms with Crippen LogP contribution in [-0.2, 0) is 16.1 Å². The topological polar surface area (TPSA) is 117 Å². The molecule has 1 saturated heterocycles. The highest BCUT2D eigenvalue weighted by molar-refractivity contribution is 5.87. The Morgan fingerprint density at radius 1 is 1.23 bits per heavy atom. The number of carbonyl (C=O) groups is 3. The first-order chi connectivity index (χ1) is 14.3. The fraction of sp³-hybridized carbons (Fsp3) is 0.714.